The predicted octanol–water partition coefficient (Wildman–Crippen LogP) is 4.11. The predicted molar refractivity (Wildman–Crippen MR) is 94.1 cm³/mol. The molecular formula is C19H28N2. The summed E-state index contributed by atoms with van der Waals surface area (Å²) < 4.78 is 0. The fourth-order valence-corrected chi connectivity index (χ4v) is 2.08. The lowest BCUT2D eigenvalue weighted by atomic mass is 9.98. The van der Waals surface area contributed by atoms with E-state index in [4.69, 9.17) is 5.73 Å². The monoisotopic (exact) mass is 284 g/mol. The van der Waals surface area contributed by atoms with Crippen molar-refractivity contribution in [1.29, 1.82) is 0 Å². The largest absolute Gasteiger partial charge is 0.385 e. The molecule has 2 nitrogen and oxygen atoms in total. The van der Waals surface area contributed by atoms with Gasteiger partial charge in [0, 0.05) is 12.2 Å². The first-order valence-electron chi connectivity index (χ1n) is 7.67. The highest BCUT2D eigenvalue weighted by atomic mass is 14.9. The molecule has 0 spiro atoms. The zero-order valence-corrected chi connectivity index (χ0v) is 13.6. The number of hydrogen-bond donors (Lipinski definition) is 2. The van der Waals surface area contributed by atoms with Crippen LogP contribution in [0.25, 0.3) is 5.57 Å². The van der Waals surface area contributed by atoms with Crippen molar-refractivity contribution >= 4 is 5.57 Å². The van der Waals surface area contributed by atoms with Crippen molar-refractivity contribution in [2.75, 3.05) is 13.1 Å². The van der Waals surface area contributed by atoms with Gasteiger partial charge in [0.15, 0.2) is 0 Å². The second kappa shape index (κ2) is 9.19. The highest BCUT2D eigenvalue weighted by molar-refractivity contribution is 5.68. The lowest BCUT2D eigenvalue weighted by Gasteiger charge is -2.09. The summed E-state index contributed by atoms with van der Waals surface area (Å²) in [5.41, 5.74) is 11.9. The second-order valence-electron chi connectivity index (χ2n) is 5.28. The van der Waals surface area contributed by atoms with Gasteiger partial charge in [-0.3, -0.25) is 0 Å². The third-order valence-corrected chi connectivity index (χ3v) is 3.55. The Morgan fingerprint density at radius 3 is 2.57 bits per heavy atom. The van der Waals surface area contributed by atoms with E-state index in [0.717, 1.165) is 25.1 Å². The molecule has 3 N–H and O–H groups in total. The lowest BCUT2D eigenvalue weighted by Crippen LogP contribution is -2.11. The molecule has 0 fully saturated rings. The minimum absolute atomic E-state index is 0.651. The van der Waals surface area contributed by atoms with Gasteiger partial charge in [-0.05, 0) is 67.6 Å². The van der Waals surface area contributed by atoms with Gasteiger partial charge < -0.3 is 11.1 Å². The van der Waals surface area contributed by atoms with Gasteiger partial charge in [0.25, 0.3) is 0 Å². The van der Waals surface area contributed by atoms with Crippen LogP contribution in [0.15, 0.2) is 48.7 Å². The SMILES string of the molecule is C=C/C(=C\C=C(\CCN)c1ccc(C)c(C)c1)NCCC. The van der Waals surface area contributed by atoms with E-state index < -0.39 is 0 Å². The van der Waals surface area contributed by atoms with Crippen molar-refractivity contribution < 1.29 is 0 Å². The summed E-state index contributed by atoms with van der Waals surface area (Å²) in [4.78, 5) is 0. The fourth-order valence-electron chi connectivity index (χ4n) is 2.08. The number of allylic oxidation sites excluding steroid dienone is 3. The number of rotatable bonds is 8. The highest BCUT2D eigenvalue weighted by Gasteiger charge is 2.02. The lowest BCUT2D eigenvalue weighted by molar-refractivity contribution is 0.785. The molecule has 0 heterocycles. The summed E-state index contributed by atoms with van der Waals surface area (Å²) in [6.45, 7) is 11.9. The molecule has 0 saturated heterocycles. The molecule has 0 aliphatic carbocycles. The van der Waals surface area contributed by atoms with E-state index >= 15 is 0 Å². The van der Waals surface area contributed by atoms with Gasteiger partial charge in [0.1, 0.15) is 0 Å². The topological polar surface area (TPSA) is 38.0 Å². The molecule has 1 rings (SSSR count). The molecule has 0 unspecified atom stereocenters. The van der Waals surface area contributed by atoms with Crippen LogP contribution in [0.1, 0.15) is 36.5 Å². The molecule has 0 aliphatic rings. The maximum Gasteiger partial charge on any atom is 0.0334 e. The molecule has 114 valence electrons. The summed E-state index contributed by atoms with van der Waals surface area (Å²) in [6.07, 6.45) is 8.06. The van der Waals surface area contributed by atoms with E-state index in [1.165, 1.54) is 22.3 Å². The molecule has 2 heteroatoms. The standard InChI is InChI=1S/C19H28N2/c1-5-13-21-19(6-2)10-9-17(11-12-20)18-8-7-15(3)16(4)14-18/h6-10,14,21H,2,5,11-13,20H2,1,3-4H3/b17-9-,19-10+. The zero-order chi connectivity index (χ0) is 15.7. The minimum Gasteiger partial charge on any atom is -0.385 e. The summed E-state index contributed by atoms with van der Waals surface area (Å²) in [5.74, 6) is 0. The molecular weight excluding hydrogens is 256 g/mol. The summed E-state index contributed by atoms with van der Waals surface area (Å²) in [6, 6.07) is 6.57. The Morgan fingerprint density at radius 1 is 1.24 bits per heavy atom. The van der Waals surface area contributed by atoms with Crippen LogP contribution < -0.4 is 11.1 Å². The normalized spacial score (nSPS) is 12.4. The van der Waals surface area contributed by atoms with Crippen LogP contribution in [0.2, 0.25) is 0 Å². The summed E-state index contributed by atoms with van der Waals surface area (Å²) in [7, 11) is 0. The molecule has 0 bridgehead atoms. The average molecular weight is 284 g/mol. The summed E-state index contributed by atoms with van der Waals surface area (Å²) in [5, 5.41) is 3.36. The number of aryl methyl sites for hydroxylation is 2. The van der Waals surface area contributed by atoms with Gasteiger partial charge in [-0.25, -0.2) is 0 Å². The molecule has 21 heavy (non-hydrogen) atoms. The molecule has 1 aromatic carbocycles. The Balaban J connectivity index is 3.03. The Kier molecular flexibility index (Phi) is 7.55. The van der Waals surface area contributed by atoms with E-state index in [9.17, 15) is 0 Å². The summed E-state index contributed by atoms with van der Waals surface area (Å²) >= 11 is 0. The third-order valence-electron chi connectivity index (χ3n) is 3.55. The highest BCUT2D eigenvalue weighted by Crippen LogP contribution is 2.21. The Labute approximate surface area is 129 Å². The van der Waals surface area contributed by atoms with Gasteiger partial charge in [-0.1, -0.05) is 37.8 Å². The maximum absolute atomic E-state index is 5.76. The van der Waals surface area contributed by atoms with Crippen LogP contribution in [-0.4, -0.2) is 13.1 Å². The van der Waals surface area contributed by atoms with Gasteiger partial charge in [0.2, 0.25) is 0 Å². The zero-order valence-electron chi connectivity index (χ0n) is 13.6. The molecule has 0 saturated carbocycles. The van der Waals surface area contributed by atoms with Gasteiger partial charge in [-0.15, -0.1) is 0 Å². The van der Waals surface area contributed by atoms with Crippen molar-refractivity contribution in [3.05, 3.63) is 65.4 Å². The second-order valence-corrected chi connectivity index (χ2v) is 5.28. The number of nitrogens with one attached hydrogen (secondary N) is 1. The molecule has 0 amide bonds. The maximum atomic E-state index is 5.76. The number of benzene rings is 1. The van der Waals surface area contributed by atoms with Crippen LogP contribution in [0.5, 0.6) is 0 Å². The average Bonchev–Trinajstić information content (AvgIpc) is 2.49. The molecule has 0 aliphatic heterocycles. The van der Waals surface area contributed by atoms with E-state index in [1.54, 1.807) is 0 Å². The van der Waals surface area contributed by atoms with Crippen molar-refractivity contribution in [2.45, 2.75) is 33.6 Å². The van der Waals surface area contributed by atoms with Gasteiger partial charge in [0.05, 0.1) is 0 Å². The van der Waals surface area contributed by atoms with Crippen LogP contribution in [-0.2, 0) is 0 Å². The van der Waals surface area contributed by atoms with Gasteiger partial charge in [-0.2, -0.15) is 0 Å². The van der Waals surface area contributed by atoms with E-state index in [0.29, 0.717) is 6.54 Å². The van der Waals surface area contributed by atoms with Crippen LogP contribution >= 0.6 is 0 Å². The minimum atomic E-state index is 0.651. The Hall–Kier alpha value is -1.80. The van der Waals surface area contributed by atoms with E-state index in [2.05, 4.69) is 63.0 Å². The van der Waals surface area contributed by atoms with Crippen LogP contribution in [0, 0.1) is 13.8 Å². The van der Waals surface area contributed by atoms with Crippen LogP contribution in [0.4, 0.5) is 0 Å². The molecule has 1 aromatic rings. The fraction of sp³-hybridized carbons (Fsp3) is 0.368. The number of nitrogens with two attached hydrogens (primary N) is 1. The molecule has 0 radical (unpaired) electrons. The quantitative estimate of drug-likeness (QED) is 0.705. The van der Waals surface area contributed by atoms with E-state index in [-0.39, 0.29) is 0 Å². The molecule has 0 aromatic heterocycles. The smallest absolute Gasteiger partial charge is 0.0334 e. The van der Waals surface area contributed by atoms with Crippen molar-refractivity contribution in [3.63, 3.8) is 0 Å². The van der Waals surface area contributed by atoms with E-state index in [1.807, 2.05) is 6.08 Å². The molecule has 0 atom stereocenters. The van der Waals surface area contributed by atoms with Crippen LogP contribution in [0.3, 0.4) is 0 Å². The third kappa shape index (κ3) is 5.60. The first kappa shape index (κ1) is 17.3. The van der Waals surface area contributed by atoms with Crippen molar-refractivity contribution in [2.24, 2.45) is 5.73 Å². The number of hydrogen-bond acceptors (Lipinski definition) is 2. The van der Waals surface area contributed by atoms with Crippen molar-refractivity contribution in [3.8, 4) is 0 Å². The Morgan fingerprint density at radius 2 is 2.00 bits per heavy atom. The Bertz CT molecular complexity index is 524. The first-order chi connectivity index (χ1) is 10.1. The van der Waals surface area contributed by atoms with Crippen molar-refractivity contribution in [1.82, 2.24) is 5.32 Å². The first-order valence-corrected chi connectivity index (χ1v) is 7.67. The van der Waals surface area contributed by atoms with Gasteiger partial charge >= 0.3 is 0 Å².